The molecule has 0 aromatic carbocycles. The summed E-state index contributed by atoms with van der Waals surface area (Å²) in [4.78, 5) is 53.3. The van der Waals surface area contributed by atoms with Gasteiger partial charge in [-0.1, -0.05) is 0 Å². The average molecular weight is 397 g/mol. The summed E-state index contributed by atoms with van der Waals surface area (Å²) in [7, 11) is 0. The summed E-state index contributed by atoms with van der Waals surface area (Å²) in [6.07, 6.45) is 4.75. The summed E-state index contributed by atoms with van der Waals surface area (Å²) in [5, 5.41) is 15.7. The van der Waals surface area contributed by atoms with Crippen molar-refractivity contribution in [2.75, 3.05) is 19.6 Å². The van der Waals surface area contributed by atoms with Gasteiger partial charge in [0, 0.05) is 18.3 Å². The summed E-state index contributed by atoms with van der Waals surface area (Å²) >= 11 is 0. The number of imidazole rings is 1. The third-order valence-corrected chi connectivity index (χ3v) is 3.77. The first-order chi connectivity index (χ1) is 13.3. The van der Waals surface area contributed by atoms with Crippen molar-refractivity contribution in [1.29, 1.82) is 0 Å². The van der Waals surface area contributed by atoms with Gasteiger partial charge in [-0.3, -0.25) is 19.2 Å². The molecule has 2 unspecified atom stereocenters. The van der Waals surface area contributed by atoms with E-state index >= 15 is 0 Å². The van der Waals surface area contributed by atoms with E-state index in [1.165, 1.54) is 6.33 Å². The van der Waals surface area contributed by atoms with Crippen molar-refractivity contribution >= 4 is 23.7 Å². The number of carboxylic acids is 1. The quantitative estimate of drug-likeness (QED) is 0.173. The molecule has 1 aromatic rings. The van der Waals surface area contributed by atoms with Gasteiger partial charge in [0.1, 0.15) is 12.6 Å². The highest BCUT2D eigenvalue weighted by Gasteiger charge is 2.22. The molecule has 156 valence electrons. The number of nitrogens with zero attached hydrogens (tertiary/aromatic N) is 1. The third kappa shape index (κ3) is 9.09. The smallest absolute Gasteiger partial charge is 0.322 e. The van der Waals surface area contributed by atoms with Crippen molar-refractivity contribution < 1.29 is 24.3 Å². The second-order valence-corrected chi connectivity index (χ2v) is 6.12. The van der Waals surface area contributed by atoms with Crippen molar-refractivity contribution in [3.05, 3.63) is 18.2 Å². The minimum absolute atomic E-state index is 0.229. The summed E-state index contributed by atoms with van der Waals surface area (Å²) in [6, 6.07) is -1.79. The largest absolute Gasteiger partial charge is 0.480 e. The monoisotopic (exact) mass is 397 g/mol. The number of nitrogens with two attached hydrogens (primary N) is 2. The van der Waals surface area contributed by atoms with Crippen LogP contribution in [0.4, 0.5) is 0 Å². The molecule has 0 aliphatic rings. The van der Waals surface area contributed by atoms with Crippen molar-refractivity contribution in [3.8, 4) is 0 Å². The standard InChI is InChI=1S/C16H27N7O5/c17-4-2-1-3-12(16(28)21-8-14(25)26)23-13(24)7-20-15(27)11(18)5-10-6-19-9-22-10/h6,9,11-12H,1-5,7-8,17-18H2,(H,19,22)(H,20,27)(H,21,28)(H,23,24)(H,25,26). The Morgan fingerprint density at radius 1 is 1.14 bits per heavy atom. The molecule has 9 N–H and O–H groups in total. The van der Waals surface area contributed by atoms with Crippen LogP contribution in [0.5, 0.6) is 0 Å². The minimum atomic E-state index is -1.20. The fourth-order valence-electron chi connectivity index (χ4n) is 2.32. The van der Waals surface area contributed by atoms with Crippen LogP contribution in [-0.2, 0) is 25.6 Å². The van der Waals surface area contributed by atoms with Crippen LogP contribution in [0.2, 0.25) is 0 Å². The molecule has 12 heteroatoms. The summed E-state index contributed by atoms with van der Waals surface area (Å²) in [6.45, 7) is -0.488. The second kappa shape index (κ2) is 12.4. The van der Waals surface area contributed by atoms with Gasteiger partial charge in [0.25, 0.3) is 0 Å². The predicted octanol–water partition coefficient (Wildman–Crippen LogP) is -2.79. The van der Waals surface area contributed by atoms with Gasteiger partial charge in [-0.15, -0.1) is 0 Å². The maximum Gasteiger partial charge on any atom is 0.322 e. The first-order valence-electron chi connectivity index (χ1n) is 8.83. The number of carboxylic acid groups (broad SMARTS) is 1. The second-order valence-electron chi connectivity index (χ2n) is 6.12. The van der Waals surface area contributed by atoms with E-state index in [9.17, 15) is 19.2 Å². The topological polar surface area (TPSA) is 205 Å². The van der Waals surface area contributed by atoms with Gasteiger partial charge in [0.05, 0.1) is 18.9 Å². The lowest BCUT2D eigenvalue weighted by Crippen LogP contribution is -2.51. The molecule has 0 saturated heterocycles. The van der Waals surface area contributed by atoms with Crippen LogP contribution < -0.4 is 27.4 Å². The number of H-pyrrole nitrogens is 1. The van der Waals surface area contributed by atoms with Crippen molar-refractivity contribution in [2.45, 2.75) is 37.8 Å². The maximum absolute atomic E-state index is 12.1. The van der Waals surface area contributed by atoms with Crippen molar-refractivity contribution in [1.82, 2.24) is 25.9 Å². The van der Waals surface area contributed by atoms with E-state index in [2.05, 4.69) is 25.9 Å². The average Bonchev–Trinajstić information content (AvgIpc) is 3.16. The van der Waals surface area contributed by atoms with Crippen LogP contribution in [0.25, 0.3) is 0 Å². The SMILES string of the molecule is NCCCCC(NC(=O)CNC(=O)C(N)Cc1cnc[nH]1)C(=O)NCC(=O)O. The summed E-state index contributed by atoms with van der Waals surface area (Å²) in [5.41, 5.74) is 11.9. The van der Waals surface area contributed by atoms with E-state index in [1.54, 1.807) is 6.20 Å². The Morgan fingerprint density at radius 2 is 1.86 bits per heavy atom. The number of aromatic amines is 1. The normalized spacial score (nSPS) is 12.6. The predicted molar refractivity (Wildman–Crippen MR) is 98.8 cm³/mol. The Morgan fingerprint density at radius 3 is 2.46 bits per heavy atom. The molecule has 28 heavy (non-hydrogen) atoms. The highest BCUT2D eigenvalue weighted by atomic mass is 16.4. The number of hydrogen-bond donors (Lipinski definition) is 7. The van der Waals surface area contributed by atoms with Gasteiger partial charge >= 0.3 is 5.97 Å². The van der Waals surface area contributed by atoms with Gasteiger partial charge in [0.15, 0.2) is 0 Å². The molecule has 0 fully saturated rings. The fraction of sp³-hybridized carbons (Fsp3) is 0.562. The number of carbonyl (C=O) groups excluding carboxylic acids is 3. The third-order valence-electron chi connectivity index (χ3n) is 3.77. The fourth-order valence-corrected chi connectivity index (χ4v) is 2.32. The molecule has 0 saturated carbocycles. The number of unbranched alkanes of at least 4 members (excludes halogenated alkanes) is 1. The van der Waals surface area contributed by atoms with Crippen molar-refractivity contribution in [2.24, 2.45) is 11.5 Å². The molecular weight excluding hydrogens is 370 g/mol. The van der Waals surface area contributed by atoms with Crippen molar-refractivity contribution in [3.63, 3.8) is 0 Å². The molecule has 0 spiro atoms. The number of aromatic nitrogens is 2. The molecule has 1 heterocycles. The first kappa shape index (κ1) is 23.0. The Hall–Kier alpha value is -2.99. The number of aliphatic carboxylic acids is 1. The maximum atomic E-state index is 12.1. The highest BCUT2D eigenvalue weighted by molar-refractivity contribution is 5.91. The molecule has 1 aromatic heterocycles. The lowest BCUT2D eigenvalue weighted by Gasteiger charge is -2.18. The number of nitrogens with one attached hydrogen (secondary N) is 4. The van der Waals surface area contributed by atoms with E-state index in [0.29, 0.717) is 31.5 Å². The van der Waals surface area contributed by atoms with Gasteiger partial charge < -0.3 is 37.5 Å². The highest BCUT2D eigenvalue weighted by Crippen LogP contribution is 2.01. The van der Waals surface area contributed by atoms with Crippen LogP contribution in [-0.4, -0.2) is 70.5 Å². The number of hydrogen-bond acceptors (Lipinski definition) is 7. The molecule has 0 aliphatic heterocycles. The molecule has 3 amide bonds. The minimum Gasteiger partial charge on any atom is -0.480 e. The summed E-state index contributed by atoms with van der Waals surface area (Å²) < 4.78 is 0. The number of carbonyl (C=O) groups is 4. The Kier molecular flexibility index (Phi) is 10.2. The van der Waals surface area contributed by atoms with E-state index in [-0.39, 0.29) is 13.0 Å². The van der Waals surface area contributed by atoms with E-state index < -0.39 is 42.3 Å². The molecule has 0 bridgehead atoms. The zero-order valence-electron chi connectivity index (χ0n) is 15.4. The zero-order chi connectivity index (χ0) is 20.9. The Balaban J connectivity index is 2.47. The van der Waals surface area contributed by atoms with E-state index in [0.717, 1.165) is 0 Å². The molecular formula is C16H27N7O5. The summed E-state index contributed by atoms with van der Waals surface area (Å²) in [5.74, 6) is -2.93. The zero-order valence-corrected chi connectivity index (χ0v) is 15.4. The number of rotatable bonds is 13. The molecule has 1 rings (SSSR count). The molecule has 12 nitrogen and oxygen atoms in total. The van der Waals surface area contributed by atoms with E-state index in [4.69, 9.17) is 16.6 Å². The Labute approximate surface area is 161 Å². The van der Waals surface area contributed by atoms with Crippen LogP contribution in [0.1, 0.15) is 25.0 Å². The van der Waals surface area contributed by atoms with Gasteiger partial charge in [-0.25, -0.2) is 4.98 Å². The van der Waals surface area contributed by atoms with Crippen LogP contribution in [0.3, 0.4) is 0 Å². The lowest BCUT2D eigenvalue weighted by molar-refractivity contribution is -0.138. The lowest BCUT2D eigenvalue weighted by atomic mass is 10.1. The molecule has 0 radical (unpaired) electrons. The molecule has 2 atom stereocenters. The van der Waals surface area contributed by atoms with Gasteiger partial charge in [0.2, 0.25) is 17.7 Å². The van der Waals surface area contributed by atoms with E-state index in [1.807, 2.05) is 0 Å². The van der Waals surface area contributed by atoms with Crippen LogP contribution in [0.15, 0.2) is 12.5 Å². The number of amides is 3. The van der Waals surface area contributed by atoms with Gasteiger partial charge in [-0.2, -0.15) is 0 Å². The first-order valence-corrected chi connectivity index (χ1v) is 8.83. The van der Waals surface area contributed by atoms with Crippen LogP contribution in [0, 0.1) is 0 Å². The molecule has 0 aliphatic carbocycles. The Bertz CT molecular complexity index is 650. The van der Waals surface area contributed by atoms with Crippen LogP contribution >= 0.6 is 0 Å². The van der Waals surface area contributed by atoms with Gasteiger partial charge in [-0.05, 0) is 25.8 Å².